The number of ketones is 1. The van der Waals surface area contributed by atoms with Crippen molar-refractivity contribution in [2.45, 2.75) is 46.0 Å². The predicted octanol–water partition coefficient (Wildman–Crippen LogP) is 2.97. The first kappa shape index (κ1) is 26.7. The second-order valence-corrected chi connectivity index (χ2v) is 8.98. The molecular formula is C25H28N4O6S. The van der Waals surface area contributed by atoms with Gasteiger partial charge < -0.3 is 20.2 Å². The molecule has 0 bridgehead atoms. The van der Waals surface area contributed by atoms with Crippen LogP contribution in [0.3, 0.4) is 0 Å². The van der Waals surface area contributed by atoms with Crippen LogP contribution in [-0.4, -0.2) is 45.9 Å². The van der Waals surface area contributed by atoms with Crippen molar-refractivity contribution in [3.63, 3.8) is 0 Å². The molecule has 3 rings (SSSR count). The molecule has 4 N–H and O–H groups in total. The van der Waals surface area contributed by atoms with Crippen molar-refractivity contribution >= 4 is 46.0 Å². The van der Waals surface area contributed by atoms with Crippen LogP contribution in [0.5, 0.6) is 0 Å². The van der Waals surface area contributed by atoms with Gasteiger partial charge >= 0.3 is 11.9 Å². The van der Waals surface area contributed by atoms with Gasteiger partial charge in [-0.1, -0.05) is 11.8 Å². The van der Waals surface area contributed by atoms with Crippen molar-refractivity contribution < 1.29 is 23.9 Å². The fraction of sp³-hybridized carbons (Fsp3) is 0.400. The van der Waals surface area contributed by atoms with Crippen molar-refractivity contribution in [3.05, 3.63) is 44.0 Å². The number of nitrogens with two attached hydrogens (primary N) is 1. The standard InChI is InChI=1S/C25H28N4O6S/c1-3-34-21(31)12-9-15(24(33)35-4-2)13-19(30)20-11-10-17(36-20)8-6-5-7-16-14-18-22(27-16)28-25(26)29-23(18)32/h10-11,14-15H,3-5,7,9,12-13H2,1-2H3,(H4,26,27,28,29,32)/t15-/m1/s1. The maximum absolute atomic E-state index is 12.8. The monoisotopic (exact) mass is 512 g/mol. The Morgan fingerprint density at radius 3 is 2.69 bits per heavy atom. The Morgan fingerprint density at radius 2 is 1.94 bits per heavy atom. The molecule has 1 atom stereocenters. The van der Waals surface area contributed by atoms with Gasteiger partial charge in [0.1, 0.15) is 5.65 Å². The largest absolute Gasteiger partial charge is 0.466 e. The molecule has 36 heavy (non-hydrogen) atoms. The van der Waals surface area contributed by atoms with E-state index in [1.54, 1.807) is 32.0 Å². The maximum atomic E-state index is 12.8. The van der Waals surface area contributed by atoms with Crippen LogP contribution < -0.4 is 11.3 Å². The van der Waals surface area contributed by atoms with E-state index in [-0.39, 0.29) is 49.8 Å². The quantitative estimate of drug-likeness (QED) is 0.201. The van der Waals surface area contributed by atoms with Crippen LogP contribution in [0.4, 0.5) is 5.95 Å². The smallest absolute Gasteiger partial charge is 0.309 e. The summed E-state index contributed by atoms with van der Waals surface area (Å²) in [5.41, 5.74) is 6.52. The minimum atomic E-state index is -0.716. The third-order valence-corrected chi connectivity index (χ3v) is 6.28. The van der Waals surface area contributed by atoms with E-state index in [0.717, 1.165) is 10.6 Å². The summed E-state index contributed by atoms with van der Waals surface area (Å²) in [6.45, 7) is 3.85. The highest BCUT2D eigenvalue weighted by Crippen LogP contribution is 2.22. The summed E-state index contributed by atoms with van der Waals surface area (Å²) in [5.74, 6) is 4.33. The van der Waals surface area contributed by atoms with Gasteiger partial charge in [0.05, 0.1) is 34.3 Å². The van der Waals surface area contributed by atoms with E-state index in [9.17, 15) is 19.2 Å². The maximum Gasteiger partial charge on any atom is 0.309 e. The summed E-state index contributed by atoms with van der Waals surface area (Å²) in [5, 5.41) is 0.442. The first-order valence-corrected chi connectivity index (χ1v) is 12.4. The highest BCUT2D eigenvalue weighted by atomic mass is 32.1. The molecule has 0 amide bonds. The van der Waals surface area contributed by atoms with Gasteiger partial charge in [-0.15, -0.1) is 11.3 Å². The third kappa shape index (κ3) is 7.29. The molecule has 0 aliphatic carbocycles. The molecule has 0 spiro atoms. The van der Waals surface area contributed by atoms with E-state index in [1.165, 1.54) is 11.3 Å². The lowest BCUT2D eigenvalue weighted by atomic mass is 9.96. The fourth-order valence-corrected chi connectivity index (χ4v) is 4.37. The summed E-state index contributed by atoms with van der Waals surface area (Å²) in [6, 6.07) is 5.18. The molecule has 3 heterocycles. The molecule has 190 valence electrons. The SMILES string of the molecule is CCOC(=O)CC[C@H](CC(=O)c1ccc(C#CCCc2cc3c(=O)[nH]c(N)nc3[nH]2)s1)C(=O)OCC. The molecule has 10 nitrogen and oxygen atoms in total. The summed E-state index contributed by atoms with van der Waals surface area (Å²) in [7, 11) is 0. The number of esters is 2. The number of anilines is 1. The minimum absolute atomic E-state index is 0.0416. The van der Waals surface area contributed by atoms with Crippen LogP contribution in [0.2, 0.25) is 0 Å². The summed E-state index contributed by atoms with van der Waals surface area (Å²) >= 11 is 1.25. The van der Waals surface area contributed by atoms with Crippen molar-refractivity contribution in [2.75, 3.05) is 18.9 Å². The lowest BCUT2D eigenvalue weighted by Gasteiger charge is -2.14. The third-order valence-electron chi connectivity index (χ3n) is 5.24. The molecule has 0 saturated carbocycles. The molecule has 0 saturated heterocycles. The molecule has 0 radical (unpaired) electrons. The Kier molecular flexibility index (Phi) is 9.41. The van der Waals surface area contributed by atoms with E-state index < -0.39 is 17.9 Å². The highest BCUT2D eigenvalue weighted by Gasteiger charge is 2.25. The van der Waals surface area contributed by atoms with Crippen molar-refractivity contribution in [1.29, 1.82) is 0 Å². The molecule has 0 aliphatic rings. The lowest BCUT2D eigenvalue weighted by Crippen LogP contribution is -2.22. The number of H-pyrrole nitrogens is 2. The summed E-state index contributed by atoms with van der Waals surface area (Å²) < 4.78 is 9.99. The Morgan fingerprint density at radius 1 is 1.17 bits per heavy atom. The lowest BCUT2D eigenvalue weighted by molar-refractivity contribution is -0.149. The normalized spacial score (nSPS) is 11.5. The Labute approximate surface area is 211 Å². The average Bonchev–Trinajstić information content (AvgIpc) is 3.47. The topological polar surface area (TPSA) is 157 Å². The molecule has 11 heteroatoms. The van der Waals surface area contributed by atoms with E-state index in [2.05, 4.69) is 26.8 Å². The van der Waals surface area contributed by atoms with E-state index in [0.29, 0.717) is 28.8 Å². The van der Waals surface area contributed by atoms with Crippen LogP contribution in [0.25, 0.3) is 11.0 Å². The minimum Gasteiger partial charge on any atom is -0.466 e. The molecule has 3 aromatic rings. The number of nitrogens with zero attached hydrogens (tertiary/aromatic N) is 1. The number of rotatable bonds is 11. The Balaban J connectivity index is 1.58. The number of nitrogen functional groups attached to an aromatic ring is 1. The second kappa shape index (κ2) is 12.7. The van der Waals surface area contributed by atoms with Gasteiger partial charge in [0, 0.05) is 25.0 Å². The number of aryl methyl sites for hydroxylation is 1. The van der Waals surface area contributed by atoms with Crippen LogP contribution in [0, 0.1) is 17.8 Å². The van der Waals surface area contributed by atoms with Gasteiger partial charge in [0.25, 0.3) is 5.56 Å². The van der Waals surface area contributed by atoms with Gasteiger partial charge in [-0.05, 0) is 44.9 Å². The number of carbonyl (C=O) groups excluding carboxylic acids is 3. The molecule has 0 fully saturated rings. The molecule has 0 unspecified atom stereocenters. The Bertz CT molecular complexity index is 1360. The van der Waals surface area contributed by atoms with Gasteiger partial charge in [0.2, 0.25) is 5.95 Å². The highest BCUT2D eigenvalue weighted by molar-refractivity contribution is 7.14. The number of nitrogens with one attached hydrogen (secondary N) is 2. The molecule has 0 aromatic carbocycles. The summed E-state index contributed by atoms with van der Waals surface area (Å²) in [4.78, 5) is 59.5. The number of ether oxygens (including phenoxy) is 2. The number of carbonyl (C=O) groups is 3. The summed E-state index contributed by atoms with van der Waals surface area (Å²) in [6.07, 6.45) is 1.29. The number of hydrogen-bond donors (Lipinski definition) is 3. The van der Waals surface area contributed by atoms with Crippen LogP contribution >= 0.6 is 11.3 Å². The predicted molar refractivity (Wildman–Crippen MR) is 136 cm³/mol. The second-order valence-electron chi connectivity index (χ2n) is 7.89. The fourth-order valence-electron chi connectivity index (χ4n) is 3.54. The van der Waals surface area contributed by atoms with Gasteiger partial charge in [-0.25, -0.2) is 0 Å². The van der Waals surface area contributed by atoms with Crippen molar-refractivity contribution in [1.82, 2.24) is 15.0 Å². The average molecular weight is 513 g/mol. The zero-order valence-electron chi connectivity index (χ0n) is 20.1. The van der Waals surface area contributed by atoms with Gasteiger partial charge in [0.15, 0.2) is 5.78 Å². The number of Topliss-reactive ketones (excluding diaryl/α,β-unsaturated/α-hetero) is 1. The molecule has 3 aromatic heterocycles. The number of thiophene rings is 1. The van der Waals surface area contributed by atoms with Gasteiger partial charge in [-0.2, -0.15) is 4.98 Å². The van der Waals surface area contributed by atoms with E-state index in [4.69, 9.17) is 15.2 Å². The van der Waals surface area contributed by atoms with Crippen molar-refractivity contribution in [3.8, 4) is 11.8 Å². The van der Waals surface area contributed by atoms with Crippen LogP contribution in [0.15, 0.2) is 23.0 Å². The van der Waals surface area contributed by atoms with Gasteiger partial charge in [-0.3, -0.25) is 24.2 Å². The first-order valence-electron chi connectivity index (χ1n) is 11.6. The van der Waals surface area contributed by atoms with Crippen LogP contribution in [-0.2, 0) is 25.5 Å². The molecular weight excluding hydrogens is 484 g/mol. The number of fused-ring (bicyclic) bond motifs is 1. The zero-order valence-corrected chi connectivity index (χ0v) is 21.0. The number of hydrogen-bond acceptors (Lipinski definition) is 9. The number of aromatic nitrogens is 3. The zero-order chi connectivity index (χ0) is 26.1. The van der Waals surface area contributed by atoms with Crippen LogP contribution in [0.1, 0.15) is 59.8 Å². The van der Waals surface area contributed by atoms with E-state index >= 15 is 0 Å². The van der Waals surface area contributed by atoms with Crippen molar-refractivity contribution in [2.24, 2.45) is 5.92 Å². The Hall–Kier alpha value is -3.91. The first-order chi connectivity index (χ1) is 17.3. The number of aromatic amines is 2. The molecule has 0 aliphatic heterocycles. The van der Waals surface area contributed by atoms with E-state index in [1.807, 2.05) is 0 Å².